The Balaban J connectivity index is 1.57. The maximum Gasteiger partial charge on any atom is 0.251 e. The predicted octanol–water partition coefficient (Wildman–Crippen LogP) is 3.59. The summed E-state index contributed by atoms with van der Waals surface area (Å²) in [6.45, 7) is 1.98. The van der Waals surface area contributed by atoms with Gasteiger partial charge in [0, 0.05) is 11.3 Å². The first-order chi connectivity index (χ1) is 11.7. The van der Waals surface area contributed by atoms with E-state index in [4.69, 9.17) is 0 Å². The monoisotopic (exact) mass is 338 g/mol. The minimum Gasteiger partial charge on any atom is -0.346 e. The lowest BCUT2D eigenvalue weighted by Gasteiger charge is -2.14. The van der Waals surface area contributed by atoms with Gasteiger partial charge in [-0.25, -0.2) is 4.98 Å². The van der Waals surface area contributed by atoms with Crippen LogP contribution < -0.4 is 5.32 Å². The van der Waals surface area contributed by atoms with Gasteiger partial charge in [-0.3, -0.25) is 9.89 Å². The van der Waals surface area contributed by atoms with Crippen molar-refractivity contribution in [3.63, 3.8) is 0 Å². The summed E-state index contributed by atoms with van der Waals surface area (Å²) in [5.74, 6) is 0.707. The number of carbonyl (C=O) groups is 1. The second kappa shape index (κ2) is 7.79. The van der Waals surface area contributed by atoms with Crippen molar-refractivity contribution < 1.29 is 4.79 Å². The largest absolute Gasteiger partial charge is 0.346 e. The summed E-state index contributed by atoms with van der Waals surface area (Å²) in [5, 5.41) is 10.4. The molecule has 0 radical (unpaired) electrons. The smallest absolute Gasteiger partial charge is 0.251 e. The molecule has 1 aromatic heterocycles. The van der Waals surface area contributed by atoms with E-state index in [9.17, 15) is 4.79 Å². The van der Waals surface area contributed by atoms with Gasteiger partial charge in [-0.05, 0) is 30.2 Å². The van der Waals surface area contributed by atoms with E-state index < -0.39 is 0 Å². The molecule has 0 bridgehead atoms. The van der Waals surface area contributed by atoms with Crippen LogP contribution in [0.1, 0.15) is 34.5 Å². The van der Waals surface area contributed by atoms with Crippen LogP contribution in [0.25, 0.3) is 0 Å². The fraction of sp³-hybridized carbons (Fsp3) is 0.167. The molecule has 0 aliphatic carbocycles. The highest BCUT2D eigenvalue weighted by Crippen LogP contribution is 2.19. The van der Waals surface area contributed by atoms with Gasteiger partial charge < -0.3 is 5.32 Å². The van der Waals surface area contributed by atoms with E-state index in [2.05, 4.69) is 20.5 Å². The third-order valence-corrected chi connectivity index (χ3v) is 4.58. The Labute approximate surface area is 144 Å². The summed E-state index contributed by atoms with van der Waals surface area (Å²) in [6, 6.07) is 17.5. The molecule has 1 amide bonds. The van der Waals surface area contributed by atoms with Gasteiger partial charge >= 0.3 is 0 Å². The van der Waals surface area contributed by atoms with E-state index in [1.165, 1.54) is 6.33 Å². The van der Waals surface area contributed by atoms with Crippen LogP contribution >= 0.6 is 11.8 Å². The van der Waals surface area contributed by atoms with Crippen molar-refractivity contribution in [3.05, 3.63) is 77.6 Å². The quantitative estimate of drug-likeness (QED) is 0.674. The Morgan fingerprint density at radius 1 is 1.17 bits per heavy atom. The number of aromatic amines is 1. The standard InChI is InChI=1S/C18H18N4OS/c1-13(15-5-3-2-4-6-15)21-17(23)16-9-7-14(8-10-16)11-24-18-19-12-20-22-18/h2-10,12-13H,11H2,1H3,(H,21,23)(H,19,20,22). The fourth-order valence-corrected chi connectivity index (χ4v) is 3.01. The number of rotatable bonds is 6. The molecule has 1 heterocycles. The van der Waals surface area contributed by atoms with Gasteiger partial charge in [0.2, 0.25) is 0 Å². The molecule has 1 unspecified atom stereocenters. The van der Waals surface area contributed by atoms with Crippen LogP contribution in [0.3, 0.4) is 0 Å². The molecule has 0 aliphatic rings. The highest BCUT2D eigenvalue weighted by Gasteiger charge is 2.11. The first-order valence-corrected chi connectivity index (χ1v) is 8.64. The van der Waals surface area contributed by atoms with E-state index in [-0.39, 0.29) is 11.9 Å². The van der Waals surface area contributed by atoms with Gasteiger partial charge in [0.05, 0.1) is 6.04 Å². The van der Waals surface area contributed by atoms with Crippen molar-refractivity contribution in [3.8, 4) is 0 Å². The van der Waals surface area contributed by atoms with Crippen LogP contribution in [0.15, 0.2) is 66.1 Å². The van der Waals surface area contributed by atoms with Crippen molar-refractivity contribution in [2.24, 2.45) is 0 Å². The molecule has 2 aromatic carbocycles. The van der Waals surface area contributed by atoms with E-state index in [0.717, 1.165) is 22.0 Å². The average molecular weight is 338 g/mol. The van der Waals surface area contributed by atoms with Gasteiger partial charge in [0.25, 0.3) is 5.91 Å². The molecule has 2 N–H and O–H groups in total. The van der Waals surface area contributed by atoms with Crippen LogP contribution in [0, 0.1) is 0 Å². The van der Waals surface area contributed by atoms with Gasteiger partial charge in [-0.1, -0.05) is 54.2 Å². The van der Waals surface area contributed by atoms with Crippen LogP contribution in [0.4, 0.5) is 0 Å². The highest BCUT2D eigenvalue weighted by atomic mass is 32.2. The van der Waals surface area contributed by atoms with Crippen molar-refractivity contribution in [1.82, 2.24) is 20.5 Å². The van der Waals surface area contributed by atoms with Crippen LogP contribution in [-0.2, 0) is 5.75 Å². The fourth-order valence-electron chi connectivity index (χ4n) is 2.27. The Kier molecular flexibility index (Phi) is 5.28. The van der Waals surface area contributed by atoms with Gasteiger partial charge in [-0.2, -0.15) is 5.10 Å². The third-order valence-electron chi connectivity index (χ3n) is 3.63. The molecule has 0 fully saturated rings. The van der Waals surface area contributed by atoms with Crippen LogP contribution in [0.2, 0.25) is 0 Å². The van der Waals surface area contributed by atoms with Crippen molar-refractivity contribution in [1.29, 1.82) is 0 Å². The second-order valence-electron chi connectivity index (χ2n) is 5.38. The average Bonchev–Trinajstić information content (AvgIpc) is 3.14. The Hall–Kier alpha value is -2.60. The lowest BCUT2D eigenvalue weighted by atomic mass is 10.1. The Morgan fingerprint density at radius 2 is 1.92 bits per heavy atom. The number of carbonyl (C=O) groups excluding carboxylic acids is 1. The normalized spacial score (nSPS) is 11.9. The summed E-state index contributed by atoms with van der Waals surface area (Å²) < 4.78 is 0. The SMILES string of the molecule is CC(NC(=O)c1ccc(CSc2ncn[nH]2)cc1)c1ccccc1. The summed E-state index contributed by atoms with van der Waals surface area (Å²) in [5.41, 5.74) is 2.88. The highest BCUT2D eigenvalue weighted by molar-refractivity contribution is 7.98. The molecule has 122 valence electrons. The molecular formula is C18H18N4OS. The van der Waals surface area contributed by atoms with Gasteiger partial charge in [-0.15, -0.1) is 0 Å². The number of nitrogens with zero attached hydrogens (tertiary/aromatic N) is 2. The third kappa shape index (κ3) is 4.23. The maximum absolute atomic E-state index is 12.3. The summed E-state index contributed by atoms with van der Waals surface area (Å²) in [4.78, 5) is 16.4. The summed E-state index contributed by atoms with van der Waals surface area (Å²) >= 11 is 1.57. The molecule has 0 aliphatic heterocycles. The zero-order valence-electron chi connectivity index (χ0n) is 13.3. The maximum atomic E-state index is 12.3. The lowest BCUT2D eigenvalue weighted by molar-refractivity contribution is 0.0940. The lowest BCUT2D eigenvalue weighted by Crippen LogP contribution is -2.26. The van der Waals surface area contributed by atoms with Gasteiger partial charge in [0.15, 0.2) is 5.16 Å². The molecule has 3 rings (SSSR count). The zero-order chi connectivity index (χ0) is 16.8. The molecular weight excluding hydrogens is 320 g/mol. The van der Waals surface area contributed by atoms with Crippen molar-refractivity contribution >= 4 is 17.7 Å². The summed E-state index contributed by atoms with van der Waals surface area (Å²) in [7, 11) is 0. The van der Waals surface area contributed by atoms with E-state index in [0.29, 0.717) is 5.56 Å². The first-order valence-electron chi connectivity index (χ1n) is 7.65. The van der Waals surface area contributed by atoms with Crippen LogP contribution in [-0.4, -0.2) is 21.1 Å². The Bertz CT molecular complexity index is 773. The number of hydrogen-bond donors (Lipinski definition) is 2. The van der Waals surface area contributed by atoms with E-state index in [1.807, 2.05) is 61.5 Å². The number of hydrogen-bond acceptors (Lipinski definition) is 4. The number of thioether (sulfide) groups is 1. The first kappa shape index (κ1) is 16.3. The van der Waals surface area contributed by atoms with Gasteiger partial charge in [0.1, 0.15) is 6.33 Å². The molecule has 5 nitrogen and oxygen atoms in total. The van der Waals surface area contributed by atoms with Crippen molar-refractivity contribution in [2.75, 3.05) is 0 Å². The second-order valence-corrected chi connectivity index (χ2v) is 6.35. The van der Waals surface area contributed by atoms with Crippen LogP contribution in [0.5, 0.6) is 0 Å². The zero-order valence-corrected chi connectivity index (χ0v) is 14.1. The molecule has 0 spiro atoms. The van der Waals surface area contributed by atoms with E-state index in [1.54, 1.807) is 11.8 Å². The number of nitrogens with one attached hydrogen (secondary N) is 2. The molecule has 3 aromatic rings. The number of aromatic nitrogens is 3. The molecule has 1 atom stereocenters. The predicted molar refractivity (Wildman–Crippen MR) is 94.7 cm³/mol. The molecule has 0 saturated carbocycles. The minimum absolute atomic E-state index is 0.0274. The van der Waals surface area contributed by atoms with E-state index >= 15 is 0 Å². The molecule has 6 heteroatoms. The minimum atomic E-state index is -0.0687. The van der Waals surface area contributed by atoms with Crippen molar-refractivity contribution in [2.45, 2.75) is 23.9 Å². The molecule has 24 heavy (non-hydrogen) atoms. The Morgan fingerprint density at radius 3 is 2.58 bits per heavy atom. The number of benzene rings is 2. The number of H-pyrrole nitrogens is 1. The topological polar surface area (TPSA) is 70.7 Å². The summed E-state index contributed by atoms with van der Waals surface area (Å²) in [6.07, 6.45) is 1.49. The number of amides is 1. The molecule has 0 saturated heterocycles.